The van der Waals surface area contributed by atoms with E-state index in [0.717, 1.165) is 0 Å². The van der Waals surface area contributed by atoms with Gasteiger partial charge in [0, 0.05) is 18.9 Å². The molecule has 0 saturated carbocycles. The highest BCUT2D eigenvalue weighted by Gasteiger charge is 2.27. The highest BCUT2D eigenvalue weighted by atomic mass is 35.5. The van der Waals surface area contributed by atoms with Crippen molar-refractivity contribution >= 4 is 28.5 Å². The van der Waals surface area contributed by atoms with Crippen LogP contribution in [0.5, 0.6) is 11.5 Å². The van der Waals surface area contributed by atoms with Gasteiger partial charge < -0.3 is 23.9 Å². The maximum atomic E-state index is 12.6. The van der Waals surface area contributed by atoms with Gasteiger partial charge in [-0.05, 0) is 13.8 Å². The quantitative estimate of drug-likeness (QED) is 0.817. The summed E-state index contributed by atoms with van der Waals surface area (Å²) in [5, 5.41) is 0.271. The molecule has 0 fully saturated rings. The summed E-state index contributed by atoms with van der Waals surface area (Å²) in [5.74, 6) is 0.00907. The molecule has 2 heterocycles. The summed E-state index contributed by atoms with van der Waals surface area (Å²) in [5.41, 5.74) is -0.176. The summed E-state index contributed by atoms with van der Waals surface area (Å²) >= 11 is 6.36. The van der Waals surface area contributed by atoms with Crippen molar-refractivity contribution in [3.8, 4) is 11.5 Å². The molecular weight excluding hydrogens is 350 g/mol. The SMILES string of the molecule is CCOC[C@H]1COc2c(cc3[nH]cc(C(=O)OCC)c(=O)c3c2Cl)O1. The Bertz CT molecular complexity index is 862. The van der Waals surface area contributed by atoms with E-state index in [9.17, 15) is 9.59 Å². The second-order valence-electron chi connectivity index (χ2n) is 5.40. The number of pyridine rings is 1. The number of fused-ring (bicyclic) bond motifs is 2. The van der Waals surface area contributed by atoms with E-state index >= 15 is 0 Å². The van der Waals surface area contributed by atoms with Crippen molar-refractivity contribution < 1.29 is 23.7 Å². The molecule has 1 aliphatic heterocycles. The van der Waals surface area contributed by atoms with Crippen molar-refractivity contribution in [1.82, 2.24) is 4.98 Å². The van der Waals surface area contributed by atoms with Crippen molar-refractivity contribution in [3.05, 3.63) is 33.1 Å². The normalized spacial score (nSPS) is 16.0. The second kappa shape index (κ2) is 7.33. The number of aromatic nitrogens is 1. The van der Waals surface area contributed by atoms with E-state index in [-0.39, 0.29) is 41.0 Å². The first kappa shape index (κ1) is 17.6. The van der Waals surface area contributed by atoms with Crippen LogP contribution in [0.4, 0.5) is 0 Å². The number of H-pyrrole nitrogens is 1. The zero-order valence-electron chi connectivity index (χ0n) is 13.9. The molecule has 1 atom stereocenters. The lowest BCUT2D eigenvalue weighted by Crippen LogP contribution is -2.33. The topological polar surface area (TPSA) is 86.9 Å². The van der Waals surface area contributed by atoms with Gasteiger partial charge in [-0.15, -0.1) is 0 Å². The first-order valence-corrected chi connectivity index (χ1v) is 8.36. The zero-order valence-corrected chi connectivity index (χ0v) is 14.6. The molecule has 134 valence electrons. The van der Waals surface area contributed by atoms with E-state index in [1.807, 2.05) is 6.92 Å². The van der Waals surface area contributed by atoms with Crippen LogP contribution >= 0.6 is 11.6 Å². The number of benzene rings is 1. The van der Waals surface area contributed by atoms with Crippen LogP contribution in [0.25, 0.3) is 10.9 Å². The molecule has 0 unspecified atom stereocenters. The fraction of sp³-hybridized carbons (Fsp3) is 0.412. The van der Waals surface area contributed by atoms with Crippen molar-refractivity contribution in [1.29, 1.82) is 0 Å². The predicted molar refractivity (Wildman–Crippen MR) is 91.9 cm³/mol. The molecule has 0 radical (unpaired) electrons. The van der Waals surface area contributed by atoms with Gasteiger partial charge in [-0.3, -0.25) is 4.79 Å². The monoisotopic (exact) mass is 367 g/mol. The second-order valence-corrected chi connectivity index (χ2v) is 5.78. The van der Waals surface area contributed by atoms with E-state index in [2.05, 4.69) is 4.98 Å². The van der Waals surface area contributed by atoms with Crippen molar-refractivity contribution in [2.75, 3.05) is 26.4 Å². The Kier molecular flexibility index (Phi) is 5.15. The minimum atomic E-state index is -0.701. The Labute approximate surface area is 148 Å². The van der Waals surface area contributed by atoms with Gasteiger partial charge in [0.25, 0.3) is 0 Å². The molecule has 25 heavy (non-hydrogen) atoms. The van der Waals surface area contributed by atoms with Gasteiger partial charge >= 0.3 is 5.97 Å². The van der Waals surface area contributed by atoms with Crippen LogP contribution in [0.3, 0.4) is 0 Å². The number of carbonyl (C=O) groups excluding carboxylic acids is 1. The molecule has 0 saturated heterocycles. The van der Waals surface area contributed by atoms with Crippen LogP contribution < -0.4 is 14.9 Å². The molecule has 0 bridgehead atoms. The molecule has 2 aromatic rings. The fourth-order valence-corrected chi connectivity index (χ4v) is 2.93. The molecule has 1 aromatic heterocycles. The number of ether oxygens (including phenoxy) is 4. The summed E-state index contributed by atoms with van der Waals surface area (Å²) < 4.78 is 21.7. The summed E-state index contributed by atoms with van der Waals surface area (Å²) in [6.07, 6.45) is 1.05. The Morgan fingerprint density at radius 3 is 2.92 bits per heavy atom. The molecular formula is C17H18ClNO6. The third-order valence-corrected chi connectivity index (χ3v) is 4.10. The molecule has 1 N–H and O–H groups in total. The van der Waals surface area contributed by atoms with Gasteiger partial charge in [0.1, 0.15) is 12.2 Å². The van der Waals surface area contributed by atoms with Gasteiger partial charge in [-0.2, -0.15) is 0 Å². The highest BCUT2D eigenvalue weighted by Crippen LogP contribution is 2.42. The number of hydrogen-bond donors (Lipinski definition) is 1. The summed E-state index contributed by atoms with van der Waals surface area (Å²) in [6.45, 7) is 4.97. The van der Waals surface area contributed by atoms with Gasteiger partial charge in [0.2, 0.25) is 5.43 Å². The van der Waals surface area contributed by atoms with Gasteiger partial charge in [0.15, 0.2) is 17.6 Å². The van der Waals surface area contributed by atoms with E-state index in [4.69, 9.17) is 30.5 Å². The van der Waals surface area contributed by atoms with Gasteiger partial charge in [-0.25, -0.2) is 4.79 Å². The molecule has 8 heteroatoms. The third-order valence-electron chi connectivity index (χ3n) is 3.74. The summed E-state index contributed by atoms with van der Waals surface area (Å²) in [7, 11) is 0. The summed E-state index contributed by atoms with van der Waals surface area (Å²) in [6, 6.07) is 1.63. The van der Waals surface area contributed by atoms with E-state index in [1.165, 1.54) is 6.20 Å². The largest absolute Gasteiger partial charge is 0.484 e. The van der Waals surface area contributed by atoms with Crippen LogP contribution in [0.15, 0.2) is 17.1 Å². The first-order valence-electron chi connectivity index (χ1n) is 7.99. The number of hydrogen-bond acceptors (Lipinski definition) is 6. The standard InChI is InChI=1S/C17H18ClNO6/c1-3-22-7-9-8-24-16-12(25-9)5-11-13(14(16)18)15(20)10(6-19-11)17(21)23-4-2/h5-6,9H,3-4,7-8H2,1-2H3,(H,19,20)/t9-/m0/s1. The average molecular weight is 368 g/mol. The van der Waals surface area contributed by atoms with Gasteiger partial charge in [0.05, 0.1) is 29.1 Å². The number of rotatable bonds is 5. The van der Waals surface area contributed by atoms with Crippen LogP contribution in [0.2, 0.25) is 5.02 Å². The maximum absolute atomic E-state index is 12.6. The smallest absolute Gasteiger partial charge is 0.343 e. The molecule has 1 aliphatic rings. The highest BCUT2D eigenvalue weighted by molar-refractivity contribution is 6.37. The lowest BCUT2D eigenvalue weighted by Gasteiger charge is -2.27. The number of halogens is 1. The Morgan fingerprint density at radius 1 is 1.40 bits per heavy atom. The fourth-order valence-electron chi connectivity index (χ4n) is 2.60. The Morgan fingerprint density at radius 2 is 2.20 bits per heavy atom. The number of carbonyl (C=O) groups is 1. The molecule has 7 nitrogen and oxygen atoms in total. The van der Waals surface area contributed by atoms with E-state index in [0.29, 0.717) is 24.5 Å². The number of aromatic amines is 1. The minimum absolute atomic E-state index is 0.106. The van der Waals surface area contributed by atoms with Crippen molar-refractivity contribution in [2.45, 2.75) is 20.0 Å². The minimum Gasteiger partial charge on any atom is -0.484 e. The van der Waals surface area contributed by atoms with Crippen LogP contribution in [0, 0.1) is 0 Å². The average Bonchev–Trinajstić information content (AvgIpc) is 2.60. The Hall–Kier alpha value is -2.25. The maximum Gasteiger partial charge on any atom is 0.343 e. The van der Waals surface area contributed by atoms with Crippen LogP contribution in [-0.2, 0) is 9.47 Å². The number of esters is 1. The molecule has 3 rings (SSSR count). The lowest BCUT2D eigenvalue weighted by atomic mass is 10.1. The number of nitrogens with one attached hydrogen (secondary N) is 1. The molecule has 0 amide bonds. The predicted octanol–water partition coefficient (Wildman–Crippen LogP) is 2.53. The van der Waals surface area contributed by atoms with E-state index in [1.54, 1.807) is 13.0 Å². The van der Waals surface area contributed by atoms with Crippen LogP contribution in [0.1, 0.15) is 24.2 Å². The third kappa shape index (κ3) is 3.29. The van der Waals surface area contributed by atoms with E-state index < -0.39 is 11.4 Å². The zero-order chi connectivity index (χ0) is 18.0. The van der Waals surface area contributed by atoms with Crippen molar-refractivity contribution in [2.24, 2.45) is 0 Å². The Balaban J connectivity index is 2.04. The summed E-state index contributed by atoms with van der Waals surface area (Å²) in [4.78, 5) is 27.4. The van der Waals surface area contributed by atoms with Gasteiger partial charge in [-0.1, -0.05) is 11.6 Å². The molecule has 0 spiro atoms. The van der Waals surface area contributed by atoms with Crippen molar-refractivity contribution in [3.63, 3.8) is 0 Å². The first-order chi connectivity index (χ1) is 12.1. The van der Waals surface area contributed by atoms with Crippen LogP contribution in [-0.4, -0.2) is 43.5 Å². The lowest BCUT2D eigenvalue weighted by molar-refractivity contribution is 0.0130. The molecule has 0 aliphatic carbocycles. The molecule has 1 aromatic carbocycles.